The zero-order valence-corrected chi connectivity index (χ0v) is 10.7. The van der Waals surface area contributed by atoms with Crippen molar-refractivity contribution in [1.82, 2.24) is 5.16 Å². The number of hydrogen-bond acceptors (Lipinski definition) is 5. The predicted molar refractivity (Wildman–Crippen MR) is 72.0 cm³/mol. The van der Waals surface area contributed by atoms with Crippen LogP contribution in [0.3, 0.4) is 0 Å². The van der Waals surface area contributed by atoms with Gasteiger partial charge in [-0.3, -0.25) is 10.1 Å². The minimum Gasteiger partial charge on any atom is -0.362 e. The third-order valence-corrected chi connectivity index (χ3v) is 2.62. The van der Waals surface area contributed by atoms with Gasteiger partial charge in [0.15, 0.2) is 5.69 Å². The van der Waals surface area contributed by atoms with Crippen molar-refractivity contribution in [2.24, 2.45) is 0 Å². The van der Waals surface area contributed by atoms with Gasteiger partial charge in [0.25, 0.3) is 0 Å². The van der Waals surface area contributed by atoms with E-state index < -0.39 is 4.92 Å². The smallest absolute Gasteiger partial charge is 0.338 e. The third-order valence-electron chi connectivity index (χ3n) is 2.37. The second-order valence-electron chi connectivity index (χ2n) is 3.72. The molecule has 0 fully saturated rings. The van der Waals surface area contributed by atoms with Crippen molar-refractivity contribution in [3.8, 4) is 0 Å². The van der Waals surface area contributed by atoms with Gasteiger partial charge in [-0.1, -0.05) is 16.8 Å². The topological polar surface area (TPSA) is 81.2 Å². The van der Waals surface area contributed by atoms with E-state index in [0.29, 0.717) is 5.02 Å². The molecule has 0 aliphatic rings. The monoisotopic (exact) mass is 279 g/mol. The zero-order chi connectivity index (χ0) is 13.8. The van der Waals surface area contributed by atoms with Crippen molar-refractivity contribution in [2.75, 3.05) is 5.32 Å². The first-order valence-electron chi connectivity index (χ1n) is 5.37. The Kier molecular flexibility index (Phi) is 3.82. The molecule has 1 heterocycles. The first-order chi connectivity index (χ1) is 9.08. The second-order valence-corrected chi connectivity index (χ2v) is 4.16. The minimum absolute atomic E-state index is 0.101. The molecule has 19 heavy (non-hydrogen) atoms. The Morgan fingerprint density at radius 1 is 1.42 bits per heavy atom. The van der Waals surface area contributed by atoms with Crippen LogP contribution < -0.4 is 5.32 Å². The van der Waals surface area contributed by atoms with Gasteiger partial charge in [0.05, 0.1) is 4.92 Å². The fraction of sp³-hybridized carbons (Fsp3) is 0.0833. The van der Waals surface area contributed by atoms with Gasteiger partial charge < -0.3 is 9.84 Å². The maximum atomic E-state index is 10.8. The maximum Gasteiger partial charge on any atom is 0.338 e. The van der Waals surface area contributed by atoms with E-state index >= 15 is 0 Å². The normalized spacial score (nSPS) is 10.8. The average molecular weight is 280 g/mol. The van der Waals surface area contributed by atoms with E-state index in [9.17, 15) is 10.1 Å². The van der Waals surface area contributed by atoms with Gasteiger partial charge in [-0.2, -0.15) is 0 Å². The number of benzene rings is 1. The largest absolute Gasteiger partial charge is 0.362 e. The van der Waals surface area contributed by atoms with Crippen molar-refractivity contribution in [2.45, 2.75) is 6.92 Å². The lowest BCUT2D eigenvalue weighted by Gasteiger charge is -1.99. The SMILES string of the molecule is Cc1noc(/C=C/Nc2ccc(Cl)cc2)c1[N+](=O)[O-]. The van der Waals surface area contributed by atoms with Crippen LogP contribution in [0.4, 0.5) is 11.4 Å². The summed E-state index contributed by atoms with van der Waals surface area (Å²) in [6, 6.07) is 7.04. The van der Waals surface area contributed by atoms with Gasteiger partial charge in [0.1, 0.15) is 0 Å². The molecule has 2 rings (SSSR count). The van der Waals surface area contributed by atoms with E-state index in [1.54, 1.807) is 24.3 Å². The summed E-state index contributed by atoms with van der Waals surface area (Å²) in [4.78, 5) is 10.3. The highest BCUT2D eigenvalue weighted by Gasteiger charge is 2.21. The number of hydrogen-bond donors (Lipinski definition) is 1. The Bertz CT molecular complexity index is 620. The summed E-state index contributed by atoms with van der Waals surface area (Å²) in [6.45, 7) is 1.52. The molecule has 0 aliphatic heterocycles. The summed E-state index contributed by atoms with van der Waals surface area (Å²) in [6.07, 6.45) is 2.99. The van der Waals surface area contributed by atoms with Gasteiger partial charge in [0, 0.05) is 23.0 Å². The van der Waals surface area contributed by atoms with E-state index in [0.717, 1.165) is 5.69 Å². The summed E-state index contributed by atoms with van der Waals surface area (Å²) in [7, 11) is 0. The summed E-state index contributed by atoms with van der Waals surface area (Å²) >= 11 is 5.76. The molecule has 0 saturated heterocycles. The fourth-order valence-corrected chi connectivity index (χ4v) is 1.60. The summed E-state index contributed by atoms with van der Waals surface area (Å²) < 4.78 is 4.87. The highest BCUT2D eigenvalue weighted by molar-refractivity contribution is 6.30. The van der Waals surface area contributed by atoms with Crippen LogP contribution in [0.25, 0.3) is 6.08 Å². The Morgan fingerprint density at radius 3 is 2.74 bits per heavy atom. The van der Waals surface area contributed by atoms with Crippen molar-refractivity contribution in [1.29, 1.82) is 0 Å². The van der Waals surface area contributed by atoms with Crippen LogP contribution in [-0.2, 0) is 0 Å². The molecule has 1 N–H and O–H groups in total. The summed E-state index contributed by atoms with van der Waals surface area (Å²) in [5.41, 5.74) is 0.921. The maximum absolute atomic E-state index is 10.8. The average Bonchev–Trinajstić information content (AvgIpc) is 2.73. The molecular formula is C12H10ClN3O3. The molecular weight excluding hydrogens is 270 g/mol. The van der Waals surface area contributed by atoms with Crippen molar-refractivity contribution < 1.29 is 9.45 Å². The molecule has 2 aromatic rings. The molecule has 0 saturated carbocycles. The highest BCUT2D eigenvalue weighted by Crippen LogP contribution is 2.23. The van der Waals surface area contributed by atoms with Gasteiger partial charge in [0.2, 0.25) is 5.76 Å². The Balaban J connectivity index is 2.11. The van der Waals surface area contributed by atoms with Crippen LogP contribution in [0.2, 0.25) is 5.02 Å². The number of anilines is 1. The van der Waals surface area contributed by atoms with Gasteiger partial charge in [-0.15, -0.1) is 0 Å². The van der Waals surface area contributed by atoms with Gasteiger partial charge >= 0.3 is 5.69 Å². The molecule has 7 heteroatoms. The van der Waals surface area contributed by atoms with Crippen LogP contribution >= 0.6 is 11.6 Å². The first kappa shape index (κ1) is 13.1. The van der Waals surface area contributed by atoms with Crippen molar-refractivity contribution in [3.05, 3.63) is 57.1 Å². The standard InChI is InChI=1S/C12H10ClN3O3/c1-8-12(16(17)18)11(19-15-8)6-7-14-10-4-2-9(13)3-5-10/h2-7,14H,1H3/b7-6+. The molecule has 1 aromatic heterocycles. The van der Waals surface area contributed by atoms with Crippen LogP contribution in [0.5, 0.6) is 0 Å². The lowest BCUT2D eigenvalue weighted by Crippen LogP contribution is -1.91. The number of nitro groups is 1. The summed E-state index contributed by atoms with van der Waals surface area (Å²) in [5.74, 6) is 0.101. The van der Waals surface area contributed by atoms with E-state index in [4.69, 9.17) is 16.1 Å². The lowest BCUT2D eigenvalue weighted by molar-refractivity contribution is -0.386. The lowest BCUT2D eigenvalue weighted by atomic mass is 10.3. The van der Waals surface area contributed by atoms with E-state index in [2.05, 4.69) is 10.5 Å². The number of halogens is 1. The number of aromatic nitrogens is 1. The van der Waals surface area contributed by atoms with Crippen LogP contribution in [-0.4, -0.2) is 10.1 Å². The Labute approximate surface area is 113 Å². The molecule has 0 aliphatic carbocycles. The highest BCUT2D eigenvalue weighted by atomic mass is 35.5. The Hall–Kier alpha value is -2.34. The van der Waals surface area contributed by atoms with Crippen molar-refractivity contribution in [3.63, 3.8) is 0 Å². The molecule has 0 spiro atoms. The molecule has 0 unspecified atom stereocenters. The van der Waals surface area contributed by atoms with Gasteiger partial charge in [-0.05, 0) is 31.2 Å². The van der Waals surface area contributed by atoms with E-state index in [1.807, 2.05) is 0 Å². The first-order valence-corrected chi connectivity index (χ1v) is 5.75. The summed E-state index contributed by atoms with van der Waals surface area (Å²) in [5, 5.41) is 18.0. The second kappa shape index (κ2) is 5.53. The molecule has 98 valence electrons. The van der Waals surface area contributed by atoms with Crippen LogP contribution in [0.15, 0.2) is 35.0 Å². The molecule has 0 radical (unpaired) electrons. The van der Waals surface area contributed by atoms with E-state index in [1.165, 1.54) is 19.2 Å². The van der Waals surface area contributed by atoms with Gasteiger partial charge in [-0.25, -0.2) is 0 Å². The number of nitrogens with zero attached hydrogens (tertiary/aromatic N) is 2. The molecule has 1 aromatic carbocycles. The van der Waals surface area contributed by atoms with E-state index in [-0.39, 0.29) is 17.1 Å². The molecule has 0 bridgehead atoms. The number of aryl methyl sites for hydroxylation is 1. The fourth-order valence-electron chi connectivity index (χ4n) is 1.47. The third kappa shape index (κ3) is 3.11. The predicted octanol–water partition coefficient (Wildman–Crippen LogP) is 3.63. The molecule has 6 nitrogen and oxygen atoms in total. The minimum atomic E-state index is -0.520. The zero-order valence-electron chi connectivity index (χ0n) is 9.96. The quantitative estimate of drug-likeness (QED) is 0.683. The molecule has 0 atom stereocenters. The molecule has 0 amide bonds. The Morgan fingerprint density at radius 2 is 2.11 bits per heavy atom. The number of rotatable bonds is 4. The van der Waals surface area contributed by atoms with Crippen LogP contribution in [0.1, 0.15) is 11.5 Å². The van der Waals surface area contributed by atoms with Crippen LogP contribution in [0, 0.1) is 17.0 Å². The number of nitrogens with one attached hydrogen (secondary N) is 1. The van der Waals surface area contributed by atoms with Crippen molar-refractivity contribution >= 4 is 29.1 Å².